The molecule has 0 unspecified atom stereocenters. The van der Waals surface area contributed by atoms with Gasteiger partial charge < -0.3 is 10.1 Å². The largest absolute Gasteiger partial charge is 0.497 e. The van der Waals surface area contributed by atoms with Gasteiger partial charge >= 0.3 is 0 Å². The Balaban J connectivity index is 1.93. The van der Waals surface area contributed by atoms with Crippen molar-refractivity contribution in [2.75, 3.05) is 18.7 Å². The summed E-state index contributed by atoms with van der Waals surface area (Å²) in [5.41, 5.74) is 1.07. The maximum atomic E-state index is 12.5. The van der Waals surface area contributed by atoms with Gasteiger partial charge in [0.05, 0.1) is 23.2 Å². The van der Waals surface area contributed by atoms with Gasteiger partial charge in [-0.2, -0.15) is 0 Å². The monoisotopic (exact) mass is 356 g/mol. The number of rotatable bonds is 4. The van der Waals surface area contributed by atoms with Crippen LogP contribution in [0.4, 0.5) is 5.69 Å². The Labute approximate surface area is 145 Å². The van der Waals surface area contributed by atoms with Crippen molar-refractivity contribution in [3.05, 3.63) is 60.3 Å². The second kappa shape index (κ2) is 6.52. The average Bonchev–Trinajstić information content (AvgIpc) is 2.60. The zero-order valence-corrected chi connectivity index (χ0v) is 14.5. The molecule has 0 spiro atoms. The molecule has 0 aliphatic carbocycles. The van der Waals surface area contributed by atoms with Crippen molar-refractivity contribution in [3.63, 3.8) is 0 Å². The predicted molar refractivity (Wildman–Crippen MR) is 95.8 cm³/mol. The van der Waals surface area contributed by atoms with E-state index < -0.39 is 15.7 Å². The fourth-order valence-electron chi connectivity index (χ4n) is 2.44. The highest BCUT2D eigenvalue weighted by Crippen LogP contribution is 2.22. The van der Waals surface area contributed by atoms with Crippen LogP contribution in [0.5, 0.6) is 5.75 Å². The van der Waals surface area contributed by atoms with Gasteiger partial charge in [-0.05, 0) is 36.4 Å². The number of aromatic nitrogens is 1. The summed E-state index contributed by atoms with van der Waals surface area (Å²) < 4.78 is 28.8. The van der Waals surface area contributed by atoms with Crippen LogP contribution < -0.4 is 10.1 Å². The van der Waals surface area contributed by atoms with Crippen LogP contribution in [0.3, 0.4) is 0 Å². The van der Waals surface area contributed by atoms with E-state index >= 15 is 0 Å². The van der Waals surface area contributed by atoms with Gasteiger partial charge in [-0.3, -0.25) is 4.79 Å². The number of anilines is 1. The molecule has 25 heavy (non-hydrogen) atoms. The Hall–Kier alpha value is -2.93. The van der Waals surface area contributed by atoms with Crippen LogP contribution in [0.1, 0.15) is 10.5 Å². The Morgan fingerprint density at radius 3 is 2.56 bits per heavy atom. The number of pyridine rings is 1. The summed E-state index contributed by atoms with van der Waals surface area (Å²) in [6, 6.07) is 14.9. The van der Waals surface area contributed by atoms with Gasteiger partial charge in [-0.15, -0.1) is 0 Å². The Morgan fingerprint density at radius 2 is 1.84 bits per heavy atom. The number of benzene rings is 2. The van der Waals surface area contributed by atoms with Gasteiger partial charge in [0.2, 0.25) is 0 Å². The lowest BCUT2D eigenvalue weighted by Gasteiger charge is -2.10. The van der Waals surface area contributed by atoms with Crippen LogP contribution in [0, 0.1) is 0 Å². The van der Waals surface area contributed by atoms with Crippen molar-refractivity contribution in [2.45, 2.75) is 4.90 Å². The second-order valence-corrected chi connectivity index (χ2v) is 7.46. The molecule has 0 saturated heterocycles. The van der Waals surface area contributed by atoms with Crippen LogP contribution in [0.2, 0.25) is 0 Å². The Bertz CT molecular complexity index is 1060. The zero-order chi connectivity index (χ0) is 18.0. The van der Waals surface area contributed by atoms with Crippen molar-refractivity contribution in [3.8, 4) is 5.75 Å². The molecule has 1 amide bonds. The van der Waals surface area contributed by atoms with Gasteiger partial charge in [-0.25, -0.2) is 13.4 Å². The Kier molecular flexibility index (Phi) is 4.41. The third-order valence-corrected chi connectivity index (χ3v) is 4.82. The quantitative estimate of drug-likeness (QED) is 0.777. The molecule has 0 bridgehead atoms. The number of sulfone groups is 1. The fraction of sp³-hybridized carbons (Fsp3) is 0.111. The molecule has 2 aromatic carbocycles. The zero-order valence-electron chi connectivity index (χ0n) is 13.7. The number of hydrogen-bond acceptors (Lipinski definition) is 5. The summed E-state index contributed by atoms with van der Waals surface area (Å²) in [4.78, 5) is 16.9. The number of amides is 1. The molecule has 0 aliphatic rings. The minimum atomic E-state index is -3.45. The topological polar surface area (TPSA) is 85.4 Å². The lowest BCUT2D eigenvalue weighted by molar-refractivity contribution is 0.102. The molecule has 6 nitrogen and oxygen atoms in total. The van der Waals surface area contributed by atoms with Crippen molar-refractivity contribution in [1.82, 2.24) is 4.98 Å². The van der Waals surface area contributed by atoms with Crippen LogP contribution in [-0.4, -0.2) is 32.7 Å². The Morgan fingerprint density at radius 1 is 1.08 bits per heavy atom. The number of methoxy groups -OCH3 is 1. The van der Waals surface area contributed by atoms with Gasteiger partial charge in [0.1, 0.15) is 11.4 Å². The number of carbonyl (C=O) groups is 1. The summed E-state index contributed by atoms with van der Waals surface area (Å²) in [6.45, 7) is 0. The predicted octanol–water partition coefficient (Wildman–Crippen LogP) is 2.90. The first-order valence-electron chi connectivity index (χ1n) is 7.44. The standard InChI is InChI=1S/C18H16N2O4S/c1-24-13-8-10-14-12(11-13)7-9-16(19-14)18(21)20-15-5-3-4-6-17(15)25(2,22)23/h3-11H,1-2H3,(H,20,21). The van der Waals surface area contributed by atoms with Crippen LogP contribution >= 0.6 is 0 Å². The maximum Gasteiger partial charge on any atom is 0.274 e. The molecule has 1 heterocycles. The number of ether oxygens (including phenoxy) is 1. The van der Waals surface area contributed by atoms with E-state index in [1.54, 1.807) is 49.6 Å². The molecule has 0 radical (unpaired) electrons. The van der Waals surface area contributed by atoms with E-state index in [1.165, 1.54) is 6.07 Å². The third kappa shape index (κ3) is 3.61. The molecule has 0 fully saturated rings. The maximum absolute atomic E-state index is 12.5. The third-order valence-electron chi connectivity index (χ3n) is 3.66. The molecule has 128 valence electrons. The molecule has 7 heteroatoms. The number of para-hydroxylation sites is 1. The van der Waals surface area contributed by atoms with Crippen LogP contribution in [0.25, 0.3) is 10.9 Å². The van der Waals surface area contributed by atoms with E-state index in [0.717, 1.165) is 11.6 Å². The molecule has 0 saturated carbocycles. The molecule has 3 rings (SSSR count). The minimum absolute atomic E-state index is 0.0638. The van der Waals surface area contributed by atoms with Crippen molar-refractivity contribution in [2.24, 2.45) is 0 Å². The first-order chi connectivity index (χ1) is 11.9. The lowest BCUT2D eigenvalue weighted by Crippen LogP contribution is -2.15. The normalized spacial score (nSPS) is 11.3. The van der Waals surface area contributed by atoms with Crippen LogP contribution in [0.15, 0.2) is 59.5 Å². The van der Waals surface area contributed by atoms with E-state index in [1.807, 2.05) is 6.07 Å². The van der Waals surface area contributed by atoms with E-state index in [-0.39, 0.29) is 16.3 Å². The molecule has 1 N–H and O–H groups in total. The highest BCUT2D eigenvalue weighted by molar-refractivity contribution is 7.90. The highest BCUT2D eigenvalue weighted by Gasteiger charge is 2.16. The highest BCUT2D eigenvalue weighted by atomic mass is 32.2. The summed E-state index contributed by atoms with van der Waals surface area (Å²) >= 11 is 0. The van der Waals surface area contributed by atoms with Gasteiger partial charge in [0, 0.05) is 11.6 Å². The molecule has 0 aliphatic heterocycles. The molecular weight excluding hydrogens is 340 g/mol. The molecule has 1 aromatic heterocycles. The first kappa shape index (κ1) is 16.9. The number of fused-ring (bicyclic) bond motifs is 1. The van der Waals surface area contributed by atoms with Crippen molar-refractivity contribution >= 4 is 32.3 Å². The lowest BCUT2D eigenvalue weighted by atomic mass is 10.2. The summed E-state index contributed by atoms with van der Waals surface area (Å²) in [6.07, 6.45) is 1.10. The number of nitrogens with zero attached hydrogens (tertiary/aromatic N) is 1. The van der Waals surface area contributed by atoms with Crippen molar-refractivity contribution in [1.29, 1.82) is 0 Å². The average molecular weight is 356 g/mol. The number of carbonyl (C=O) groups excluding carboxylic acids is 1. The van der Waals surface area contributed by atoms with Gasteiger partial charge in [0.15, 0.2) is 9.84 Å². The summed E-state index contributed by atoms with van der Waals surface area (Å²) in [5.74, 6) is 0.224. The summed E-state index contributed by atoms with van der Waals surface area (Å²) in [7, 11) is -1.87. The van der Waals surface area contributed by atoms with E-state index in [4.69, 9.17) is 4.74 Å². The van der Waals surface area contributed by atoms with Gasteiger partial charge in [-0.1, -0.05) is 18.2 Å². The van der Waals surface area contributed by atoms with Gasteiger partial charge in [0.25, 0.3) is 5.91 Å². The number of hydrogen-bond donors (Lipinski definition) is 1. The van der Waals surface area contributed by atoms with Crippen LogP contribution in [-0.2, 0) is 9.84 Å². The van der Waals surface area contributed by atoms with Crippen molar-refractivity contribution < 1.29 is 17.9 Å². The van der Waals surface area contributed by atoms with E-state index in [9.17, 15) is 13.2 Å². The summed E-state index contributed by atoms with van der Waals surface area (Å²) in [5, 5.41) is 3.46. The first-order valence-corrected chi connectivity index (χ1v) is 9.33. The van der Waals surface area contributed by atoms with E-state index in [0.29, 0.717) is 11.3 Å². The fourth-order valence-corrected chi connectivity index (χ4v) is 3.28. The SMILES string of the molecule is COc1ccc2nc(C(=O)Nc3ccccc3S(C)(=O)=O)ccc2c1. The molecule has 3 aromatic rings. The van der Waals surface area contributed by atoms with E-state index in [2.05, 4.69) is 10.3 Å². The smallest absolute Gasteiger partial charge is 0.274 e. The number of nitrogens with one attached hydrogen (secondary N) is 1. The minimum Gasteiger partial charge on any atom is -0.497 e. The molecular formula is C18H16N2O4S. The molecule has 0 atom stereocenters. The second-order valence-electron chi connectivity index (χ2n) is 5.48.